The van der Waals surface area contributed by atoms with E-state index in [2.05, 4.69) is 15.9 Å². The zero-order valence-electron chi connectivity index (χ0n) is 10.8. The van der Waals surface area contributed by atoms with Crippen LogP contribution in [0, 0.1) is 5.82 Å². The highest BCUT2D eigenvalue weighted by atomic mass is 79.9. The van der Waals surface area contributed by atoms with E-state index >= 15 is 0 Å². The minimum absolute atomic E-state index is 0.0632. The van der Waals surface area contributed by atoms with E-state index in [1.807, 2.05) is 30.3 Å². The van der Waals surface area contributed by atoms with Crippen LogP contribution in [0.5, 0.6) is 5.75 Å². The molecule has 0 bridgehead atoms. The van der Waals surface area contributed by atoms with Gasteiger partial charge in [0.05, 0.1) is 6.61 Å². The normalized spacial score (nSPS) is 10.3. The molecule has 0 aliphatic heterocycles. The number of rotatable bonds is 6. The monoisotopic (exact) mass is 336 g/mol. The molecule has 2 aromatic carbocycles. The average Bonchev–Trinajstić information content (AvgIpc) is 2.43. The summed E-state index contributed by atoms with van der Waals surface area (Å²) < 4.78 is 19.0. The molecule has 0 aromatic heterocycles. The standard InChI is InChI=1S/C16H14BrFO2/c17-16-11-13(18)7-6-12(16)10-14(19)8-9-20-15-4-2-1-3-5-15/h1-7,11H,8-10H2. The smallest absolute Gasteiger partial charge is 0.140 e. The van der Waals surface area contributed by atoms with Gasteiger partial charge in [-0.2, -0.15) is 0 Å². The van der Waals surface area contributed by atoms with Crippen molar-refractivity contribution in [2.24, 2.45) is 0 Å². The van der Waals surface area contributed by atoms with Crippen LogP contribution in [0.4, 0.5) is 4.39 Å². The van der Waals surface area contributed by atoms with Crippen molar-refractivity contribution in [3.63, 3.8) is 0 Å². The lowest BCUT2D eigenvalue weighted by Gasteiger charge is -2.06. The summed E-state index contributed by atoms with van der Waals surface area (Å²) in [7, 11) is 0. The fourth-order valence-electron chi connectivity index (χ4n) is 1.77. The summed E-state index contributed by atoms with van der Waals surface area (Å²) in [6, 6.07) is 13.7. The molecule has 0 saturated carbocycles. The molecule has 0 N–H and O–H groups in total. The van der Waals surface area contributed by atoms with Crippen LogP contribution in [0.1, 0.15) is 12.0 Å². The van der Waals surface area contributed by atoms with Gasteiger partial charge in [-0.3, -0.25) is 4.79 Å². The summed E-state index contributed by atoms with van der Waals surface area (Å²) in [5.41, 5.74) is 0.788. The van der Waals surface area contributed by atoms with Gasteiger partial charge in [-0.15, -0.1) is 0 Å². The summed E-state index contributed by atoms with van der Waals surface area (Å²) in [6.45, 7) is 0.349. The molecule has 2 rings (SSSR count). The molecule has 0 unspecified atom stereocenters. The maximum Gasteiger partial charge on any atom is 0.140 e. The first-order valence-electron chi connectivity index (χ1n) is 6.28. The number of ether oxygens (including phenoxy) is 1. The Morgan fingerprint density at radius 3 is 2.60 bits per heavy atom. The molecule has 0 atom stereocenters. The first-order valence-corrected chi connectivity index (χ1v) is 7.08. The fraction of sp³-hybridized carbons (Fsp3) is 0.188. The Hall–Kier alpha value is -1.68. The summed E-state index contributed by atoms with van der Waals surface area (Å²) >= 11 is 3.26. The predicted molar refractivity (Wildman–Crippen MR) is 79.4 cm³/mol. The second kappa shape index (κ2) is 7.20. The summed E-state index contributed by atoms with van der Waals surface area (Å²) in [5.74, 6) is 0.497. The molecule has 4 heteroatoms. The molecule has 2 nitrogen and oxygen atoms in total. The van der Waals surface area contributed by atoms with E-state index in [9.17, 15) is 9.18 Å². The molecule has 0 amide bonds. The topological polar surface area (TPSA) is 26.3 Å². The quantitative estimate of drug-likeness (QED) is 0.791. The molecule has 20 heavy (non-hydrogen) atoms. The molecule has 0 fully saturated rings. The molecule has 0 radical (unpaired) electrons. The van der Waals surface area contributed by atoms with Crippen molar-refractivity contribution in [2.45, 2.75) is 12.8 Å². The number of carbonyl (C=O) groups is 1. The Labute approximate surface area is 125 Å². The lowest BCUT2D eigenvalue weighted by atomic mass is 10.1. The Balaban J connectivity index is 1.81. The molecular formula is C16H14BrFO2. The number of hydrogen-bond acceptors (Lipinski definition) is 2. The van der Waals surface area contributed by atoms with E-state index in [1.165, 1.54) is 12.1 Å². The fourth-order valence-corrected chi connectivity index (χ4v) is 2.26. The van der Waals surface area contributed by atoms with Gasteiger partial charge in [-0.25, -0.2) is 4.39 Å². The van der Waals surface area contributed by atoms with Gasteiger partial charge in [0, 0.05) is 17.3 Å². The third kappa shape index (κ3) is 4.46. The number of ketones is 1. The number of hydrogen-bond donors (Lipinski definition) is 0. The molecule has 0 aliphatic rings. The Kier molecular flexibility index (Phi) is 5.30. The Bertz CT molecular complexity index is 584. The van der Waals surface area contributed by atoms with Gasteiger partial charge < -0.3 is 4.74 Å². The van der Waals surface area contributed by atoms with Crippen LogP contribution in [-0.4, -0.2) is 12.4 Å². The van der Waals surface area contributed by atoms with E-state index in [-0.39, 0.29) is 18.0 Å². The van der Waals surface area contributed by atoms with Gasteiger partial charge in [0.15, 0.2) is 0 Å². The maximum atomic E-state index is 12.9. The molecule has 0 spiro atoms. The molecule has 0 heterocycles. The van der Waals surface area contributed by atoms with Crippen LogP contribution < -0.4 is 4.74 Å². The minimum atomic E-state index is -0.319. The van der Waals surface area contributed by atoms with Crippen LogP contribution in [0.15, 0.2) is 53.0 Å². The Morgan fingerprint density at radius 1 is 1.15 bits per heavy atom. The van der Waals surface area contributed by atoms with Crippen LogP contribution in [0.3, 0.4) is 0 Å². The largest absolute Gasteiger partial charge is 0.493 e. The van der Waals surface area contributed by atoms with Crippen molar-refractivity contribution >= 4 is 21.7 Å². The van der Waals surface area contributed by atoms with Gasteiger partial charge in [0.2, 0.25) is 0 Å². The highest BCUT2D eigenvalue weighted by molar-refractivity contribution is 9.10. The van der Waals surface area contributed by atoms with Gasteiger partial charge in [-0.1, -0.05) is 40.2 Å². The van der Waals surface area contributed by atoms with Crippen molar-refractivity contribution in [1.82, 2.24) is 0 Å². The number of carbonyl (C=O) groups excluding carboxylic acids is 1. The zero-order chi connectivity index (χ0) is 14.4. The van der Waals surface area contributed by atoms with Gasteiger partial charge in [-0.05, 0) is 29.8 Å². The molecule has 0 saturated heterocycles. The molecule has 2 aromatic rings. The second-order valence-electron chi connectivity index (χ2n) is 4.36. The van der Waals surface area contributed by atoms with E-state index in [0.29, 0.717) is 17.5 Å². The van der Waals surface area contributed by atoms with Gasteiger partial charge in [0.25, 0.3) is 0 Å². The van der Waals surface area contributed by atoms with Crippen molar-refractivity contribution in [1.29, 1.82) is 0 Å². The maximum absolute atomic E-state index is 12.9. The van der Waals surface area contributed by atoms with Crippen molar-refractivity contribution < 1.29 is 13.9 Å². The molecular weight excluding hydrogens is 323 g/mol. The van der Waals surface area contributed by atoms with E-state index in [0.717, 1.165) is 11.3 Å². The summed E-state index contributed by atoms with van der Waals surface area (Å²) in [5, 5.41) is 0. The van der Waals surface area contributed by atoms with Gasteiger partial charge >= 0.3 is 0 Å². The molecule has 0 aliphatic carbocycles. The number of para-hydroxylation sites is 1. The molecule has 104 valence electrons. The van der Waals surface area contributed by atoms with Crippen LogP contribution in [0.2, 0.25) is 0 Å². The predicted octanol–water partition coefficient (Wildman–Crippen LogP) is 4.17. The highest BCUT2D eigenvalue weighted by Gasteiger charge is 2.08. The van der Waals surface area contributed by atoms with Gasteiger partial charge in [0.1, 0.15) is 17.3 Å². The first kappa shape index (κ1) is 14.7. The number of Topliss-reactive ketones (excluding diaryl/α,β-unsaturated/α-hetero) is 1. The van der Waals surface area contributed by atoms with E-state index in [4.69, 9.17) is 4.74 Å². The third-order valence-electron chi connectivity index (χ3n) is 2.80. The third-order valence-corrected chi connectivity index (χ3v) is 3.53. The summed E-state index contributed by atoms with van der Waals surface area (Å²) in [6.07, 6.45) is 0.609. The second-order valence-corrected chi connectivity index (χ2v) is 5.22. The highest BCUT2D eigenvalue weighted by Crippen LogP contribution is 2.19. The van der Waals surface area contributed by atoms with Crippen molar-refractivity contribution in [3.05, 3.63) is 64.4 Å². The summed E-state index contributed by atoms with van der Waals surface area (Å²) in [4.78, 5) is 11.8. The van der Waals surface area contributed by atoms with Crippen LogP contribution in [0.25, 0.3) is 0 Å². The van der Waals surface area contributed by atoms with Crippen molar-refractivity contribution in [2.75, 3.05) is 6.61 Å². The minimum Gasteiger partial charge on any atom is -0.493 e. The zero-order valence-corrected chi connectivity index (χ0v) is 12.4. The lowest BCUT2D eigenvalue weighted by molar-refractivity contribution is -0.118. The Morgan fingerprint density at radius 2 is 1.90 bits per heavy atom. The lowest BCUT2D eigenvalue weighted by Crippen LogP contribution is -2.09. The van der Waals surface area contributed by atoms with Crippen molar-refractivity contribution in [3.8, 4) is 5.75 Å². The number of benzene rings is 2. The van der Waals surface area contributed by atoms with E-state index in [1.54, 1.807) is 6.07 Å². The van der Waals surface area contributed by atoms with Crippen LogP contribution in [-0.2, 0) is 11.2 Å². The van der Waals surface area contributed by atoms with Crippen LogP contribution >= 0.6 is 15.9 Å². The van der Waals surface area contributed by atoms with E-state index < -0.39 is 0 Å². The average molecular weight is 337 g/mol. The SMILES string of the molecule is O=C(CCOc1ccccc1)Cc1ccc(F)cc1Br. The first-order chi connectivity index (χ1) is 9.65. The number of halogens is 2.